The van der Waals surface area contributed by atoms with E-state index in [9.17, 15) is 8.42 Å². The van der Waals surface area contributed by atoms with Gasteiger partial charge in [-0.25, -0.2) is 13.1 Å². The summed E-state index contributed by atoms with van der Waals surface area (Å²) in [5, 5.41) is 0. The lowest BCUT2D eigenvalue weighted by molar-refractivity contribution is 0.374. The number of hydrogen-bond donors (Lipinski definition) is 2. The second kappa shape index (κ2) is 4.59. The quantitative estimate of drug-likeness (QED) is 0.867. The first-order chi connectivity index (χ1) is 8.28. The number of nitrogens with one attached hydrogen (secondary N) is 1. The average Bonchev–Trinajstić information content (AvgIpc) is 3.04. The lowest BCUT2D eigenvalue weighted by atomic mass is 9.98. The Morgan fingerprint density at radius 2 is 2.11 bits per heavy atom. The largest absolute Gasteiger partial charge is 0.329 e. The van der Waals surface area contributed by atoms with Gasteiger partial charge in [-0.05, 0) is 45.6 Å². The zero-order valence-corrected chi connectivity index (χ0v) is 12.6. The van der Waals surface area contributed by atoms with E-state index in [2.05, 4.69) is 4.72 Å². The zero-order valence-electron chi connectivity index (χ0n) is 11.0. The highest BCUT2D eigenvalue weighted by Gasteiger charge is 2.43. The molecule has 0 radical (unpaired) electrons. The fourth-order valence-electron chi connectivity index (χ4n) is 2.25. The predicted molar refractivity (Wildman–Crippen MR) is 74.3 cm³/mol. The van der Waals surface area contributed by atoms with Crippen LogP contribution in [-0.4, -0.2) is 20.5 Å². The van der Waals surface area contributed by atoms with Crippen LogP contribution in [0.1, 0.15) is 29.5 Å². The molecule has 1 aliphatic carbocycles. The van der Waals surface area contributed by atoms with Crippen LogP contribution in [0.3, 0.4) is 0 Å². The minimum absolute atomic E-state index is 0.332. The van der Waals surface area contributed by atoms with Gasteiger partial charge in [-0.3, -0.25) is 0 Å². The Kier molecular flexibility index (Phi) is 3.57. The minimum atomic E-state index is -3.46. The molecule has 3 N–H and O–H groups in total. The molecule has 4 nitrogen and oxygen atoms in total. The molecule has 1 fully saturated rings. The van der Waals surface area contributed by atoms with E-state index in [1.807, 2.05) is 20.8 Å². The van der Waals surface area contributed by atoms with E-state index in [-0.39, 0.29) is 0 Å². The van der Waals surface area contributed by atoms with Crippen molar-refractivity contribution in [3.05, 3.63) is 15.8 Å². The summed E-state index contributed by atoms with van der Waals surface area (Å²) in [5.74, 6) is 0.373. The van der Waals surface area contributed by atoms with Crippen molar-refractivity contribution >= 4 is 21.4 Å². The summed E-state index contributed by atoms with van der Waals surface area (Å²) in [7, 11) is -3.46. The summed E-state index contributed by atoms with van der Waals surface area (Å²) < 4.78 is 27.6. The van der Waals surface area contributed by atoms with Crippen LogP contribution in [-0.2, 0) is 10.0 Å². The molecule has 1 aromatic heterocycles. The summed E-state index contributed by atoms with van der Waals surface area (Å²) >= 11 is 1.50. The molecule has 0 spiro atoms. The van der Waals surface area contributed by atoms with Gasteiger partial charge >= 0.3 is 0 Å². The van der Waals surface area contributed by atoms with Gasteiger partial charge in [0, 0.05) is 21.8 Å². The highest BCUT2D eigenvalue weighted by atomic mass is 32.2. The van der Waals surface area contributed by atoms with Gasteiger partial charge < -0.3 is 5.73 Å². The molecule has 1 atom stereocenters. The van der Waals surface area contributed by atoms with Crippen LogP contribution in [0.2, 0.25) is 0 Å². The molecular weight excluding hydrogens is 268 g/mol. The molecule has 0 amide bonds. The topological polar surface area (TPSA) is 72.2 Å². The van der Waals surface area contributed by atoms with Gasteiger partial charge in [0.05, 0.1) is 4.90 Å². The molecule has 0 aromatic carbocycles. The van der Waals surface area contributed by atoms with Crippen molar-refractivity contribution in [2.24, 2.45) is 11.7 Å². The first-order valence-electron chi connectivity index (χ1n) is 6.09. The molecule has 1 saturated carbocycles. The van der Waals surface area contributed by atoms with Crippen molar-refractivity contribution in [2.75, 3.05) is 6.54 Å². The zero-order chi connectivity index (χ0) is 13.6. The lowest BCUT2D eigenvalue weighted by Gasteiger charge is -2.29. The van der Waals surface area contributed by atoms with E-state index in [1.54, 1.807) is 6.07 Å². The molecular formula is C12H20N2O2S2. The van der Waals surface area contributed by atoms with Gasteiger partial charge in [0.15, 0.2) is 0 Å². The van der Waals surface area contributed by atoms with Crippen LogP contribution >= 0.6 is 11.3 Å². The van der Waals surface area contributed by atoms with Crippen molar-refractivity contribution in [3.63, 3.8) is 0 Å². The molecule has 1 unspecified atom stereocenters. The van der Waals surface area contributed by atoms with Crippen molar-refractivity contribution in [1.29, 1.82) is 0 Å². The van der Waals surface area contributed by atoms with E-state index in [0.29, 0.717) is 17.4 Å². The molecule has 0 bridgehead atoms. The van der Waals surface area contributed by atoms with Crippen molar-refractivity contribution in [3.8, 4) is 0 Å². The maximum absolute atomic E-state index is 12.4. The van der Waals surface area contributed by atoms with E-state index in [0.717, 1.165) is 22.6 Å². The van der Waals surface area contributed by atoms with Gasteiger partial charge in [0.1, 0.15) is 0 Å². The number of aryl methyl sites for hydroxylation is 2. The number of thiophene rings is 1. The molecule has 1 heterocycles. The fourth-order valence-corrected chi connectivity index (χ4v) is 5.28. The van der Waals surface area contributed by atoms with E-state index >= 15 is 0 Å². The number of hydrogen-bond acceptors (Lipinski definition) is 4. The Bertz CT molecular complexity index is 546. The monoisotopic (exact) mass is 288 g/mol. The number of rotatable bonds is 5. The van der Waals surface area contributed by atoms with Crippen LogP contribution in [0.15, 0.2) is 11.0 Å². The maximum atomic E-state index is 12.4. The van der Waals surface area contributed by atoms with Crippen LogP contribution < -0.4 is 10.5 Å². The normalized spacial score (nSPS) is 19.8. The third-order valence-corrected chi connectivity index (χ3v) is 6.39. The van der Waals surface area contributed by atoms with Crippen LogP contribution in [0.5, 0.6) is 0 Å². The third kappa shape index (κ3) is 2.61. The Morgan fingerprint density at radius 1 is 1.50 bits per heavy atom. The highest BCUT2D eigenvalue weighted by molar-refractivity contribution is 7.89. The van der Waals surface area contributed by atoms with Crippen LogP contribution in [0.25, 0.3) is 0 Å². The Balaban J connectivity index is 2.29. The summed E-state index contributed by atoms with van der Waals surface area (Å²) in [5.41, 5.74) is 5.24. The highest BCUT2D eigenvalue weighted by Crippen LogP contribution is 2.40. The van der Waals surface area contributed by atoms with E-state index < -0.39 is 15.6 Å². The molecule has 102 valence electrons. The Hall–Kier alpha value is -0.430. The molecule has 2 rings (SSSR count). The van der Waals surface area contributed by atoms with E-state index in [4.69, 9.17) is 5.73 Å². The first kappa shape index (κ1) is 14.0. The maximum Gasteiger partial charge on any atom is 0.242 e. The summed E-state index contributed by atoms with van der Waals surface area (Å²) in [4.78, 5) is 2.23. The second-order valence-corrected chi connectivity index (χ2v) is 8.39. The Morgan fingerprint density at radius 3 is 2.50 bits per heavy atom. The molecule has 18 heavy (non-hydrogen) atoms. The van der Waals surface area contributed by atoms with Gasteiger partial charge in [-0.2, -0.15) is 0 Å². The number of sulfonamides is 1. The molecule has 6 heteroatoms. The third-order valence-electron chi connectivity index (χ3n) is 3.55. The van der Waals surface area contributed by atoms with E-state index in [1.165, 1.54) is 11.3 Å². The summed E-state index contributed by atoms with van der Waals surface area (Å²) in [6.45, 7) is 5.98. The smallest absolute Gasteiger partial charge is 0.242 e. The van der Waals surface area contributed by atoms with Gasteiger partial charge in [-0.15, -0.1) is 11.3 Å². The van der Waals surface area contributed by atoms with Crippen LogP contribution in [0, 0.1) is 19.8 Å². The second-order valence-electron chi connectivity index (χ2n) is 5.28. The van der Waals surface area contributed by atoms with Crippen LogP contribution in [0.4, 0.5) is 0 Å². The predicted octanol–water partition coefficient (Wildman–Crippen LogP) is 1.77. The molecule has 1 aliphatic rings. The first-order valence-corrected chi connectivity index (χ1v) is 8.39. The number of nitrogens with two attached hydrogens (primary N) is 1. The van der Waals surface area contributed by atoms with Crippen molar-refractivity contribution < 1.29 is 8.42 Å². The van der Waals surface area contributed by atoms with Gasteiger partial charge in [0.25, 0.3) is 0 Å². The standard InChI is InChI=1S/C12H20N2O2S2/c1-8-6-11(9(2)17-8)18(15,16)14-12(3,7-13)10-4-5-10/h6,10,14H,4-5,7,13H2,1-3H3. The minimum Gasteiger partial charge on any atom is -0.329 e. The molecule has 0 saturated heterocycles. The SMILES string of the molecule is Cc1cc(S(=O)(=O)NC(C)(CN)C2CC2)c(C)s1. The van der Waals surface area contributed by atoms with Gasteiger partial charge in [0.2, 0.25) is 10.0 Å². The van der Waals surface area contributed by atoms with Gasteiger partial charge in [-0.1, -0.05) is 0 Å². The lowest BCUT2D eigenvalue weighted by Crippen LogP contribution is -2.52. The van der Waals surface area contributed by atoms with Crippen molar-refractivity contribution in [1.82, 2.24) is 4.72 Å². The Labute approximate surface area is 113 Å². The fraction of sp³-hybridized carbons (Fsp3) is 0.667. The van der Waals surface area contributed by atoms with Crippen molar-refractivity contribution in [2.45, 2.75) is 44.0 Å². The average molecular weight is 288 g/mol. The summed E-state index contributed by atoms with van der Waals surface area (Å²) in [6.07, 6.45) is 2.11. The molecule has 0 aliphatic heterocycles. The summed E-state index contributed by atoms with van der Waals surface area (Å²) in [6, 6.07) is 1.73. The molecule has 1 aromatic rings.